The van der Waals surface area contributed by atoms with Crippen LogP contribution >= 0.6 is 0 Å². The molecule has 2 aromatic carbocycles. The second kappa shape index (κ2) is 6.88. The van der Waals surface area contributed by atoms with Crippen molar-refractivity contribution in [1.82, 2.24) is 0 Å². The van der Waals surface area contributed by atoms with Gasteiger partial charge in [0.15, 0.2) is 0 Å². The molecule has 2 atom stereocenters. The molecule has 0 spiro atoms. The van der Waals surface area contributed by atoms with Gasteiger partial charge in [-0.25, -0.2) is 0 Å². The second-order valence-electron chi connectivity index (χ2n) is 6.00. The largest absolute Gasteiger partial charge is 0.366 e. The third-order valence-electron chi connectivity index (χ3n) is 3.94. The van der Waals surface area contributed by atoms with Crippen LogP contribution in [0.3, 0.4) is 0 Å². The highest BCUT2D eigenvalue weighted by Crippen LogP contribution is 2.34. The average molecular weight is 283 g/mol. The van der Waals surface area contributed by atoms with E-state index in [-0.39, 0.29) is 17.7 Å². The SMILES string of the molecule is CCC(C)(C)OC(c1ccccc1)C(N)c1ccccc1. The van der Waals surface area contributed by atoms with Gasteiger partial charge < -0.3 is 10.5 Å². The van der Waals surface area contributed by atoms with Crippen molar-refractivity contribution in [3.8, 4) is 0 Å². The molecule has 2 rings (SSSR count). The molecule has 0 heterocycles. The Labute approximate surface area is 127 Å². The van der Waals surface area contributed by atoms with E-state index in [9.17, 15) is 0 Å². The van der Waals surface area contributed by atoms with Gasteiger partial charge >= 0.3 is 0 Å². The monoisotopic (exact) mass is 283 g/mol. The fourth-order valence-electron chi connectivity index (χ4n) is 2.27. The van der Waals surface area contributed by atoms with Crippen LogP contribution in [0.5, 0.6) is 0 Å². The van der Waals surface area contributed by atoms with Gasteiger partial charge in [0.2, 0.25) is 0 Å². The van der Waals surface area contributed by atoms with Gasteiger partial charge in [0.1, 0.15) is 6.10 Å². The van der Waals surface area contributed by atoms with Crippen LogP contribution in [0.25, 0.3) is 0 Å². The van der Waals surface area contributed by atoms with Crippen molar-refractivity contribution in [2.75, 3.05) is 0 Å². The van der Waals surface area contributed by atoms with E-state index in [1.54, 1.807) is 0 Å². The summed E-state index contributed by atoms with van der Waals surface area (Å²) in [7, 11) is 0. The molecule has 21 heavy (non-hydrogen) atoms. The second-order valence-corrected chi connectivity index (χ2v) is 6.00. The van der Waals surface area contributed by atoms with Crippen LogP contribution < -0.4 is 5.73 Å². The van der Waals surface area contributed by atoms with Crippen molar-refractivity contribution in [2.24, 2.45) is 5.73 Å². The molecule has 2 aromatic rings. The molecule has 0 aliphatic carbocycles. The minimum atomic E-state index is -0.201. The maximum absolute atomic E-state index is 6.51. The molecule has 0 amide bonds. The van der Waals surface area contributed by atoms with Gasteiger partial charge in [-0.2, -0.15) is 0 Å². The Kier molecular flexibility index (Phi) is 5.16. The van der Waals surface area contributed by atoms with E-state index < -0.39 is 0 Å². The van der Waals surface area contributed by atoms with E-state index >= 15 is 0 Å². The predicted octanol–water partition coefficient (Wildman–Crippen LogP) is 4.63. The zero-order valence-electron chi connectivity index (χ0n) is 13.1. The maximum atomic E-state index is 6.51. The number of benzene rings is 2. The zero-order chi connectivity index (χ0) is 15.3. The minimum absolute atomic E-state index is 0.149. The zero-order valence-corrected chi connectivity index (χ0v) is 13.1. The molecule has 0 aliphatic heterocycles. The Balaban J connectivity index is 2.32. The Bertz CT molecular complexity index is 536. The first kappa shape index (κ1) is 15.7. The van der Waals surface area contributed by atoms with Gasteiger partial charge in [-0.1, -0.05) is 67.6 Å². The first-order valence-electron chi connectivity index (χ1n) is 7.57. The molecular weight excluding hydrogens is 258 g/mol. The lowest BCUT2D eigenvalue weighted by atomic mass is 9.95. The summed E-state index contributed by atoms with van der Waals surface area (Å²) in [6.45, 7) is 6.36. The molecule has 0 saturated carbocycles. The molecule has 0 radical (unpaired) electrons. The lowest BCUT2D eigenvalue weighted by molar-refractivity contribution is -0.0861. The summed E-state index contributed by atoms with van der Waals surface area (Å²) < 4.78 is 6.36. The normalized spacial score (nSPS) is 14.7. The standard InChI is InChI=1S/C19H25NO/c1-4-19(2,3)21-18(16-13-9-6-10-14-16)17(20)15-11-7-5-8-12-15/h5-14,17-18H,4,20H2,1-3H3. The van der Waals surface area contributed by atoms with Gasteiger partial charge in [-0.15, -0.1) is 0 Å². The Morgan fingerprint density at radius 1 is 0.905 bits per heavy atom. The topological polar surface area (TPSA) is 35.2 Å². The van der Waals surface area contributed by atoms with E-state index in [0.29, 0.717) is 0 Å². The molecule has 2 unspecified atom stereocenters. The first-order valence-corrected chi connectivity index (χ1v) is 7.57. The predicted molar refractivity (Wildman–Crippen MR) is 88.0 cm³/mol. The van der Waals surface area contributed by atoms with E-state index in [4.69, 9.17) is 10.5 Å². The number of rotatable bonds is 6. The highest BCUT2D eigenvalue weighted by Gasteiger charge is 2.28. The van der Waals surface area contributed by atoms with Crippen LogP contribution in [-0.4, -0.2) is 5.60 Å². The molecular formula is C19H25NO. The van der Waals surface area contributed by atoms with Gasteiger partial charge in [0.25, 0.3) is 0 Å². The highest BCUT2D eigenvalue weighted by atomic mass is 16.5. The van der Waals surface area contributed by atoms with Crippen molar-refractivity contribution in [3.05, 3.63) is 71.8 Å². The fraction of sp³-hybridized carbons (Fsp3) is 0.368. The van der Waals surface area contributed by atoms with E-state index in [1.165, 1.54) is 0 Å². The quantitative estimate of drug-likeness (QED) is 0.838. The van der Waals surface area contributed by atoms with Crippen molar-refractivity contribution < 1.29 is 4.74 Å². The molecule has 2 heteroatoms. The summed E-state index contributed by atoms with van der Waals surface area (Å²) in [6, 6.07) is 20.2. The third-order valence-corrected chi connectivity index (χ3v) is 3.94. The molecule has 0 bridgehead atoms. The van der Waals surface area contributed by atoms with Crippen LogP contribution in [-0.2, 0) is 4.74 Å². The van der Waals surface area contributed by atoms with Crippen LogP contribution in [0.2, 0.25) is 0 Å². The average Bonchev–Trinajstić information content (AvgIpc) is 2.54. The molecule has 0 fully saturated rings. The Hall–Kier alpha value is -1.64. The molecule has 2 nitrogen and oxygen atoms in total. The number of hydrogen-bond donors (Lipinski definition) is 1. The van der Waals surface area contributed by atoms with Gasteiger partial charge in [0.05, 0.1) is 11.6 Å². The summed E-state index contributed by atoms with van der Waals surface area (Å²) in [5.74, 6) is 0. The van der Waals surface area contributed by atoms with Crippen LogP contribution in [0.1, 0.15) is 50.5 Å². The molecule has 2 N–H and O–H groups in total. The Morgan fingerprint density at radius 2 is 1.38 bits per heavy atom. The number of hydrogen-bond acceptors (Lipinski definition) is 2. The lowest BCUT2D eigenvalue weighted by Gasteiger charge is -2.34. The van der Waals surface area contributed by atoms with Gasteiger partial charge in [0, 0.05) is 0 Å². The number of nitrogens with two attached hydrogens (primary N) is 1. The van der Waals surface area contributed by atoms with E-state index in [1.807, 2.05) is 36.4 Å². The van der Waals surface area contributed by atoms with Gasteiger partial charge in [-0.3, -0.25) is 0 Å². The van der Waals surface area contributed by atoms with Crippen LogP contribution in [0, 0.1) is 0 Å². The first-order chi connectivity index (χ1) is 10.0. The smallest absolute Gasteiger partial charge is 0.102 e. The van der Waals surface area contributed by atoms with Crippen molar-refractivity contribution in [1.29, 1.82) is 0 Å². The third kappa shape index (κ3) is 4.16. The fourth-order valence-corrected chi connectivity index (χ4v) is 2.27. The highest BCUT2D eigenvalue weighted by molar-refractivity contribution is 5.26. The minimum Gasteiger partial charge on any atom is -0.366 e. The molecule has 0 aliphatic rings. The van der Waals surface area contributed by atoms with Crippen molar-refractivity contribution in [3.63, 3.8) is 0 Å². The summed E-state index contributed by atoms with van der Waals surface area (Å²) >= 11 is 0. The summed E-state index contributed by atoms with van der Waals surface area (Å²) in [4.78, 5) is 0. The Morgan fingerprint density at radius 3 is 1.86 bits per heavy atom. The number of ether oxygens (including phenoxy) is 1. The van der Waals surface area contributed by atoms with E-state index in [2.05, 4.69) is 45.0 Å². The van der Waals surface area contributed by atoms with Crippen molar-refractivity contribution in [2.45, 2.75) is 44.9 Å². The van der Waals surface area contributed by atoms with E-state index in [0.717, 1.165) is 17.5 Å². The summed E-state index contributed by atoms with van der Waals surface area (Å²) in [5, 5.41) is 0. The molecule has 112 valence electrons. The lowest BCUT2D eigenvalue weighted by Crippen LogP contribution is -2.31. The van der Waals surface area contributed by atoms with Gasteiger partial charge in [-0.05, 0) is 31.4 Å². The summed E-state index contributed by atoms with van der Waals surface area (Å²) in [6.07, 6.45) is 0.793. The molecule has 0 saturated heterocycles. The maximum Gasteiger partial charge on any atom is 0.102 e. The summed E-state index contributed by atoms with van der Waals surface area (Å²) in [5.41, 5.74) is 8.52. The van der Waals surface area contributed by atoms with Crippen molar-refractivity contribution >= 4 is 0 Å². The van der Waals surface area contributed by atoms with Crippen LogP contribution in [0.4, 0.5) is 0 Å². The molecule has 0 aromatic heterocycles. The van der Waals surface area contributed by atoms with Crippen LogP contribution in [0.15, 0.2) is 60.7 Å².